The first kappa shape index (κ1) is 16.3. The van der Waals surface area contributed by atoms with Gasteiger partial charge in [-0.1, -0.05) is 19.3 Å². The zero-order valence-electron chi connectivity index (χ0n) is 11.5. The van der Waals surface area contributed by atoms with Gasteiger partial charge in [-0.25, -0.2) is 0 Å². The van der Waals surface area contributed by atoms with Gasteiger partial charge in [0.2, 0.25) is 5.91 Å². The molecule has 1 aliphatic carbocycles. The Morgan fingerprint density at radius 3 is 2.68 bits per heavy atom. The molecule has 5 nitrogen and oxygen atoms in total. The number of nitrogens with one attached hydrogen (secondary N) is 1. The van der Waals surface area contributed by atoms with Crippen molar-refractivity contribution in [3.05, 3.63) is 0 Å². The van der Waals surface area contributed by atoms with E-state index in [1.165, 1.54) is 38.1 Å². The standard InChI is InChI=1S/C13H24N2O3S/c1-18-13(17)11(14)9-19-8-7-12(16)15-10-5-3-2-4-6-10/h10-11H,2-9,14H2,1H3,(H,15,16). The van der Waals surface area contributed by atoms with Crippen LogP contribution < -0.4 is 11.1 Å². The third-order valence-corrected chi connectivity index (χ3v) is 4.33. The van der Waals surface area contributed by atoms with E-state index in [0.717, 1.165) is 12.8 Å². The highest BCUT2D eigenvalue weighted by Crippen LogP contribution is 2.17. The van der Waals surface area contributed by atoms with Crippen LogP contribution in [0.15, 0.2) is 0 Å². The Balaban J connectivity index is 2.05. The Morgan fingerprint density at radius 2 is 2.05 bits per heavy atom. The minimum atomic E-state index is -0.601. The average Bonchev–Trinajstić information content (AvgIpc) is 2.43. The van der Waals surface area contributed by atoms with Gasteiger partial charge in [0.25, 0.3) is 0 Å². The maximum atomic E-state index is 11.7. The van der Waals surface area contributed by atoms with Crippen molar-refractivity contribution < 1.29 is 14.3 Å². The molecule has 0 aliphatic heterocycles. The number of carbonyl (C=O) groups excluding carboxylic acids is 2. The summed E-state index contributed by atoms with van der Waals surface area (Å²) in [5, 5.41) is 3.07. The molecule has 0 bridgehead atoms. The first-order valence-electron chi connectivity index (χ1n) is 6.84. The molecule has 0 aromatic heterocycles. The van der Waals surface area contributed by atoms with Crippen LogP contribution >= 0.6 is 11.8 Å². The van der Waals surface area contributed by atoms with E-state index in [9.17, 15) is 9.59 Å². The quantitative estimate of drug-likeness (QED) is 0.541. The summed E-state index contributed by atoms with van der Waals surface area (Å²) < 4.78 is 4.53. The fourth-order valence-corrected chi connectivity index (χ4v) is 3.03. The molecule has 110 valence electrons. The molecule has 0 heterocycles. The Kier molecular flexibility index (Phi) is 7.90. The number of nitrogens with two attached hydrogens (primary N) is 1. The van der Waals surface area contributed by atoms with E-state index in [0.29, 0.717) is 24.0 Å². The van der Waals surface area contributed by atoms with Crippen LogP contribution in [0.4, 0.5) is 0 Å². The number of rotatable bonds is 7. The van der Waals surface area contributed by atoms with Gasteiger partial charge in [-0.15, -0.1) is 0 Å². The van der Waals surface area contributed by atoms with Crippen LogP contribution in [0.1, 0.15) is 38.5 Å². The number of ether oxygens (including phenoxy) is 1. The smallest absolute Gasteiger partial charge is 0.323 e. The van der Waals surface area contributed by atoms with E-state index in [4.69, 9.17) is 5.73 Å². The maximum absolute atomic E-state index is 11.7. The van der Waals surface area contributed by atoms with E-state index in [1.807, 2.05) is 0 Å². The van der Waals surface area contributed by atoms with Gasteiger partial charge in [-0.3, -0.25) is 9.59 Å². The predicted molar refractivity (Wildman–Crippen MR) is 76.9 cm³/mol. The zero-order valence-corrected chi connectivity index (χ0v) is 12.3. The summed E-state index contributed by atoms with van der Waals surface area (Å²) in [6.45, 7) is 0. The molecule has 0 saturated heterocycles. The molecule has 1 amide bonds. The summed E-state index contributed by atoms with van der Waals surface area (Å²) >= 11 is 1.51. The molecule has 3 N–H and O–H groups in total. The van der Waals surface area contributed by atoms with E-state index in [2.05, 4.69) is 10.1 Å². The van der Waals surface area contributed by atoms with E-state index in [-0.39, 0.29) is 5.91 Å². The van der Waals surface area contributed by atoms with E-state index < -0.39 is 12.0 Å². The molecule has 1 fully saturated rings. The monoisotopic (exact) mass is 288 g/mol. The molecule has 0 aromatic rings. The van der Waals surface area contributed by atoms with Gasteiger partial charge in [0.1, 0.15) is 6.04 Å². The van der Waals surface area contributed by atoms with Crippen molar-refractivity contribution in [2.24, 2.45) is 5.73 Å². The predicted octanol–water partition coefficient (Wildman–Crippen LogP) is 1.06. The van der Waals surface area contributed by atoms with E-state index in [1.54, 1.807) is 0 Å². The number of thioether (sulfide) groups is 1. The van der Waals surface area contributed by atoms with Crippen LogP contribution in [0, 0.1) is 0 Å². The van der Waals surface area contributed by atoms with E-state index >= 15 is 0 Å². The Morgan fingerprint density at radius 1 is 1.37 bits per heavy atom. The maximum Gasteiger partial charge on any atom is 0.323 e. The van der Waals surface area contributed by atoms with Crippen LogP contribution in [0.3, 0.4) is 0 Å². The van der Waals surface area contributed by atoms with Gasteiger partial charge in [0.05, 0.1) is 7.11 Å². The molecule has 1 rings (SSSR count). The summed E-state index contributed by atoms with van der Waals surface area (Å²) in [7, 11) is 1.32. The normalized spacial score (nSPS) is 17.8. The summed E-state index contributed by atoms with van der Waals surface area (Å²) in [4.78, 5) is 22.8. The van der Waals surface area contributed by atoms with Crippen LogP contribution in [-0.4, -0.2) is 42.6 Å². The molecular formula is C13H24N2O3S. The van der Waals surface area contributed by atoms with Crippen LogP contribution in [0.2, 0.25) is 0 Å². The van der Waals surface area contributed by atoms with Crippen LogP contribution in [0.5, 0.6) is 0 Å². The number of methoxy groups -OCH3 is 1. The summed E-state index contributed by atoms with van der Waals surface area (Å²) in [5.41, 5.74) is 5.60. The number of hydrogen-bond donors (Lipinski definition) is 2. The molecule has 0 radical (unpaired) electrons. The molecular weight excluding hydrogens is 264 g/mol. The van der Waals surface area contributed by atoms with Crippen molar-refractivity contribution >= 4 is 23.6 Å². The average molecular weight is 288 g/mol. The largest absolute Gasteiger partial charge is 0.468 e. The van der Waals surface area contributed by atoms with Crippen molar-refractivity contribution in [3.63, 3.8) is 0 Å². The second-order valence-corrected chi connectivity index (χ2v) is 6.01. The topological polar surface area (TPSA) is 81.4 Å². The fraction of sp³-hybridized carbons (Fsp3) is 0.846. The lowest BCUT2D eigenvalue weighted by atomic mass is 9.95. The Bertz CT molecular complexity index is 294. The minimum Gasteiger partial charge on any atom is -0.468 e. The van der Waals surface area contributed by atoms with Gasteiger partial charge < -0.3 is 15.8 Å². The summed E-state index contributed by atoms with van der Waals surface area (Å²) in [6, 6.07) is -0.236. The lowest BCUT2D eigenvalue weighted by Crippen LogP contribution is -2.36. The van der Waals surface area contributed by atoms with Crippen molar-refractivity contribution in [3.8, 4) is 0 Å². The highest BCUT2D eigenvalue weighted by Gasteiger charge is 2.16. The molecule has 1 atom stereocenters. The zero-order chi connectivity index (χ0) is 14.1. The number of hydrogen-bond acceptors (Lipinski definition) is 5. The molecule has 1 saturated carbocycles. The highest BCUT2D eigenvalue weighted by atomic mass is 32.2. The molecule has 1 unspecified atom stereocenters. The molecule has 19 heavy (non-hydrogen) atoms. The van der Waals surface area contributed by atoms with Crippen molar-refractivity contribution in [1.29, 1.82) is 0 Å². The lowest BCUT2D eigenvalue weighted by molar-refractivity contribution is -0.141. The molecule has 0 aromatic carbocycles. The molecule has 0 spiro atoms. The summed E-state index contributed by atoms with van der Waals surface area (Å²) in [5.74, 6) is 0.872. The number of esters is 1. The first-order chi connectivity index (χ1) is 9.13. The second-order valence-electron chi connectivity index (χ2n) is 4.86. The first-order valence-corrected chi connectivity index (χ1v) is 7.99. The van der Waals surface area contributed by atoms with Gasteiger partial charge in [-0.2, -0.15) is 11.8 Å². The van der Waals surface area contributed by atoms with Crippen molar-refractivity contribution in [2.75, 3.05) is 18.6 Å². The fourth-order valence-electron chi connectivity index (χ4n) is 2.14. The van der Waals surface area contributed by atoms with Gasteiger partial charge in [-0.05, 0) is 12.8 Å². The SMILES string of the molecule is COC(=O)C(N)CSCCC(=O)NC1CCCCC1. The highest BCUT2D eigenvalue weighted by molar-refractivity contribution is 7.99. The van der Waals surface area contributed by atoms with Crippen molar-refractivity contribution in [2.45, 2.75) is 50.6 Å². The number of amides is 1. The lowest BCUT2D eigenvalue weighted by Gasteiger charge is -2.22. The molecule has 1 aliphatic rings. The van der Waals surface area contributed by atoms with Gasteiger partial charge in [0.15, 0.2) is 0 Å². The second kappa shape index (κ2) is 9.20. The molecule has 6 heteroatoms. The van der Waals surface area contributed by atoms with Crippen LogP contribution in [0.25, 0.3) is 0 Å². The van der Waals surface area contributed by atoms with Gasteiger partial charge in [0, 0.05) is 24.0 Å². The Hall–Kier alpha value is -0.750. The minimum absolute atomic E-state index is 0.103. The van der Waals surface area contributed by atoms with Gasteiger partial charge >= 0.3 is 5.97 Å². The number of carbonyl (C=O) groups is 2. The third-order valence-electron chi connectivity index (χ3n) is 3.25. The third kappa shape index (κ3) is 6.82. The van der Waals surface area contributed by atoms with Crippen LogP contribution in [-0.2, 0) is 14.3 Å². The summed E-state index contributed by atoms with van der Waals surface area (Å²) in [6.07, 6.45) is 6.41. The Labute approximate surface area is 119 Å². The van der Waals surface area contributed by atoms with Crippen molar-refractivity contribution in [1.82, 2.24) is 5.32 Å².